The van der Waals surface area contributed by atoms with Crippen molar-refractivity contribution in [3.63, 3.8) is 0 Å². The van der Waals surface area contributed by atoms with Crippen molar-refractivity contribution in [3.8, 4) is 0 Å². The van der Waals surface area contributed by atoms with Crippen molar-refractivity contribution in [1.29, 1.82) is 0 Å². The van der Waals surface area contributed by atoms with Gasteiger partial charge in [0.15, 0.2) is 0 Å². The largest absolute Gasteiger partial charge is 0.340 e. The predicted octanol–water partition coefficient (Wildman–Crippen LogP) is 0.00840. The van der Waals surface area contributed by atoms with Crippen LogP contribution in [0.4, 0.5) is 0 Å². The van der Waals surface area contributed by atoms with Gasteiger partial charge in [-0.05, 0) is 12.0 Å². The molecule has 1 aromatic carbocycles. The topological polar surface area (TPSA) is 106 Å². The number of amides is 1. The maximum absolute atomic E-state index is 12.1. The fourth-order valence-electron chi connectivity index (χ4n) is 2.67. The summed E-state index contributed by atoms with van der Waals surface area (Å²) in [6, 6.07) is 9.80. The van der Waals surface area contributed by atoms with Crippen LogP contribution in [0.1, 0.15) is 24.3 Å². The molecule has 6 nitrogen and oxygen atoms in total. The summed E-state index contributed by atoms with van der Waals surface area (Å²) in [5.41, 5.74) is 7.26. The lowest BCUT2D eigenvalue weighted by atomic mass is 9.95. The smallest absolute Gasteiger partial charge is 0.222 e. The minimum absolute atomic E-state index is 0.0625. The number of nitrogens with two attached hydrogens (primary N) is 2. The molecule has 1 aromatic rings. The second kappa shape index (κ2) is 6.55. The lowest BCUT2D eigenvalue weighted by molar-refractivity contribution is -0.130. The van der Waals surface area contributed by atoms with Crippen LogP contribution >= 0.6 is 0 Å². The number of carbonyl (C=O) groups is 1. The number of hydrogen-bond acceptors (Lipinski definition) is 4. The van der Waals surface area contributed by atoms with Gasteiger partial charge in [0.2, 0.25) is 15.9 Å². The Morgan fingerprint density at radius 1 is 1.24 bits per heavy atom. The van der Waals surface area contributed by atoms with Gasteiger partial charge >= 0.3 is 0 Å². The SMILES string of the molecule is N[C@@H]1CN(C(=O)CCCS(N)(=O)=O)C[C@H]1c1ccccc1. The van der Waals surface area contributed by atoms with E-state index >= 15 is 0 Å². The standard InChI is InChI=1S/C14H21N3O3S/c15-13-10-17(14(18)7-4-8-21(16,19)20)9-12(13)11-5-2-1-3-6-11/h1-3,5-6,12-13H,4,7-10,15H2,(H2,16,19,20)/t12-,13+/m0/s1. The third-order valence-electron chi connectivity index (χ3n) is 3.77. The molecule has 0 saturated carbocycles. The molecule has 1 heterocycles. The Morgan fingerprint density at radius 3 is 2.52 bits per heavy atom. The Bertz CT molecular complexity index is 589. The molecule has 2 atom stereocenters. The Morgan fingerprint density at radius 2 is 1.90 bits per heavy atom. The third-order valence-corrected chi connectivity index (χ3v) is 4.62. The maximum Gasteiger partial charge on any atom is 0.222 e. The van der Waals surface area contributed by atoms with Gasteiger partial charge in [-0.15, -0.1) is 0 Å². The molecule has 4 N–H and O–H groups in total. The van der Waals surface area contributed by atoms with Crippen LogP contribution in [-0.4, -0.2) is 44.1 Å². The first-order valence-electron chi connectivity index (χ1n) is 6.95. The molecule has 0 spiro atoms. The van der Waals surface area contributed by atoms with Gasteiger partial charge in [0.25, 0.3) is 0 Å². The number of nitrogens with zero attached hydrogens (tertiary/aromatic N) is 1. The Balaban J connectivity index is 1.90. The minimum Gasteiger partial charge on any atom is -0.340 e. The van der Waals surface area contributed by atoms with E-state index in [1.165, 1.54) is 0 Å². The molecule has 0 bridgehead atoms. The lowest BCUT2D eigenvalue weighted by Crippen LogP contribution is -2.32. The van der Waals surface area contributed by atoms with E-state index in [9.17, 15) is 13.2 Å². The van der Waals surface area contributed by atoms with E-state index in [4.69, 9.17) is 10.9 Å². The van der Waals surface area contributed by atoms with Gasteiger partial charge in [-0.2, -0.15) is 0 Å². The quantitative estimate of drug-likeness (QED) is 0.798. The van der Waals surface area contributed by atoms with E-state index in [0.717, 1.165) is 5.56 Å². The maximum atomic E-state index is 12.1. The third kappa shape index (κ3) is 4.52. The number of primary sulfonamides is 1. The van der Waals surface area contributed by atoms with Crippen molar-refractivity contribution < 1.29 is 13.2 Å². The Labute approximate surface area is 125 Å². The summed E-state index contributed by atoms with van der Waals surface area (Å²) in [4.78, 5) is 13.8. The number of carbonyl (C=O) groups excluding carboxylic acids is 1. The van der Waals surface area contributed by atoms with E-state index in [-0.39, 0.29) is 36.5 Å². The molecule has 7 heteroatoms. The van der Waals surface area contributed by atoms with Crippen LogP contribution < -0.4 is 10.9 Å². The summed E-state index contributed by atoms with van der Waals surface area (Å²) >= 11 is 0. The van der Waals surface area contributed by atoms with Crippen LogP contribution in [0.15, 0.2) is 30.3 Å². The number of rotatable bonds is 5. The van der Waals surface area contributed by atoms with E-state index in [2.05, 4.69) is 0 Å². The van der Waals surface area contributed by atoms with Crippen LogP contribution in [-0.2, 0) is 14.8 Å². The van der Waals surface area contributed by atoms with Gasteiger partial charge in [0.05, 0.1) is 5.75 Å². The van der Waals surface area contributed by atoms with Crippen LogP contribution in [0.5, 0.6) is 0 Å². The summed E-state index contributed by atoms with van der Waals surface area (Å²) in [5.74, 6) is -0.0956. The zero-order valence-electron chi connectivity index (χ0n) is 11.8. The average Bonchev–Trinajstić information content (AvgIpc) is 2.80. The van der Waals surface area contributed by atoms with Crippen molar-refractivity contribution >= 4 is 15.9 Å². The molecular weight excluding hydrogens is 290 g/mol. The zero-order chi connectivity index (χ0) is 15.5. The highest BCUT2D eigenvalue weighted by molar-refractivity contribution is 7.89. The fourth-order valence-corrected chi connectivity index (χ4v) is 3.21. The van der Waals surface area contributed by atoms with E-state index in [0.29, 0.717) is 13.1 Å². The van der Waals surface area contributed by atoms with Crippen LogP contribution in [0.3, 0.4) is 0 Å². The first-order valence-corrected chi connectivity index (χ1v) is 8.67. The number of sulfonamides is 1. The minimum atomic E-state index is -3.50. The number of hydrogen-bond donors (Lipinski definition) is 2. The fraction of sp³-hybridized carbons (Fsp3) is 0.500. The van der Waals surface area contributed by atoms with Crippen molar-refractivity contribution in [2.45, 2.75) is 24.8 Å². The normalized spacial score (nSPS) is 22.5. The molecule has 2 rings (SSSR count). The molecule has 0 radical (unpaired) electrons. The summed E-state index contributed by atoms with van der Waals surface area (Å²) < 4.78 is 21.7. The highest BCUT2D eigenvalue weighted by Crippen LogP contribution is 2.26. The molecular formula is C14H21N3O3S. The molecule has 116 valence electrons. The number of benzene rings is 1. The summed E-state index contributed by atoms with van der Waals surface area (Å²) in [5, 5.41) is 4.92. The number of likely N-dealkylation sites (tertiary alicyclic amines) is 1. The molecule has 0 aliphatic carbocycles. The van der Waals surface area contributed by atoms with E-state index < -0.39 is 10.0 Å². The van der Waals surface area contributed by atoms with Crippen molar-refractivity contribution in [2.24, 2.45) is 10.9 Å². The first-order chi connectivity index (χ1) is 9.87. The van der Waals surface area contributed by atoms with Crippen molar-refractivity contribution in [1.82, 2.24) is 4.90 Å². The predicted molar refractivity (Wildman–Crippen MR) is 80.9 cm³/mol. The zero-order valence-corrected chi connectivity index (χ0v) is 12.6. The van der Waals surface area contributed by atoms with E-state index in [1.807, 2.05) is 30.3 Å². The summed E-state index contributed by atoms with van der Waals surface area (Å²) in [7, 11) is -3.50. The molecule has 0 unspecified atom stereocenters. The van der Waals surface area contributed by atoms with Gasteiger partial charge in [-0.25, -0.2) is 13.6 Å². The highest BCUT2D eigenvalue weighted by Gasteiger charge is 2.33. The van der Waals surface area contributed by atoms with Gasteiger partial charge in [-0.3, -0.25) is 4.79 Å². The summed E-state index contributed by atoms with van der Waals surface area (Å²) in [6.45, 7) is 1.09. The van der Waals surface area contributed by atoms with E-state index in [1.54, 1.807) is 4.90 Å². The molecule has 21 heavy (non-hydrogen) atoms. The monoisotopic (exact) mass is 311 g/mol. The van der Waals surface area contributed by atoms with Gasteiger partial charge in [0, 0.05) is 31.5 Å². The Hall–Kier alpha value is -1.44. The van der Waals surface area contributed by atoms with Crippen LogP contribution in [0, 0.1) is 0 Å². The van der Waals surface area contributed by atoms with Gasteiger partial charge < -0.3 is 10.6 Å². The van der Waals surface area contributed by atoms with Crippen LogP contribution in [0.2, 0.25) is 0 Å². The van der Waals surface area contributed by atoms with Gasteiger partial charge in [0.1, 0.15) is 0 Å². The second-order valence-electron chi connectivity index (χ2n) is 5.45. The molecule has 1 fully saturated rings. The van der Waals surface area contributed by atoms with Crippen molar-refractivity contribution in [3.05, 3.63) is 35.9 Å². The van der Waals surface area contributed by atoms with Gasteiger partial charge in [-0.1, -0.05) is 30.3 Å². The average molecular weight is 311 g/mol. The van der Waals surface area contributed by atoms with Crippen LogP contribution in [0.25, 0.3) is 0 Å². The lowest BCUT2D eigenvalue weighted by Gasteiger charge is -2.16. The Kier molecular flexibility index (Phi) is 4.97. The molecule has 1 amide bonds. The molecule has 1 saturated heterocycles. The second-order valence-corrected chi connectivity index (χ2v) is 7.18. The highest BCUT2D eigenvalue weighted by atomic mass is 32.2. The molecule has 0 aromatic heterocycles. The van der Waals surface area contributed by atoms with Crippen molar-refractivity contribution in [2.75, 3.05) is 18.8 Å². The first kappa shape index (κ1) is 15.9. The molecule has 1 aliphatic rings. The molecule has 1 aliphatic heterocycles. The summed E-state index contributed by atoms with van der Waals surface area (Å²) in [6.07, 6.45) is 0.435.